The lowest BCUT2D eigenvalue weighted by molar-refractivity contribution is 0.405. The molecule has 6 rings (SSSR count). The van der Waals surface area contributed by atoms with Crippen LogP contribution in [0.1, 0.15) is 11.1 Å². The fourth-order valence-electron chi connectivity index (χ4n) is 5.05. The van der Waals surface area contributed by atoms with Crippen molar-refractivity contribution in [3.63, 3.8) is 0 Å². The first-order valence-corrected chi connectivity index (χ1v) is 11.3. The van der Waals surface area contributed by atoms with Gasteiger partial charge in [-0.1, -0.05) is 0 Å². The molecular formula is C26H20N6O6. The van der Waals surface area contributed by atoms with Crippen LogP contribution >= 0.6 is 0 Å². The first kappa shape index (κ1) is 22.9. The molecule has 12 nitrogen and oxygen atoms in total. The molecule has 0 spiro atoms. The van der Waals surface area contributed by atoms with E-state index in [9.17, 15) is 30.6 Å². The summed E-state index contributed by atoms with van der Waals surface area (Å²) in [6.07, 6.45) is 2.75. The normalized spacial score (nSPS) is 11.5. The van der Waals surface area contributed by atoms with Crippen LogP contribution in [0.4, 0.5) is 0 Å². The summed E-state index contributed by atoms with van der Waals surface area (Å²) in [4.78, 5) is 0. The second-order valence-electron chi connectivity index (χ2n) is 8.97. The number of fused-ring (bicyclic) bond motifs is 2. The van der Waals surface area contributed by atoms with E-state index in [1.54, 1.807) is 26.0 Å². The summed E-state index contributed by atoms with van der Waals surface area (Å²) in [5.41, 5.74) is 2.52. The van der Waals surface area contributed by atoms with Crippen LogP contribution in [0.2, 0.25) is 0 Å². The molecule has 0 saturated carbocycles. The van der Waals surface area contributed by atoms with Crippen molar-refractivity contribution in [1.29, 1.82) is 0 Å². The number of nitrogens with zero attached hydrogens (tertiary/aromatic N) is 4. The summed E-state index contributed by atoms with van der Waals surface area (Å²) in [7, 11) is 0. The van der Waals surface area contributed by atoms with Gasteiger partial charge in [-0.3, -0.25) is 0 Å². The fraction of sp³-hybridized carbons (Fsp3) is 0.0769. The van der Waals surface area contributed by atoms with Gasteiger partial charge in [-0.2, -0.15) is 30.8 Å². The molecule has 4 aromatic carbocycles. The third kappa shape index (κ3) is 3.10. The molecular weight excluding hydrogens is 492 g/mol. The van der Waals surface area contributed by atoms with Crippen molar-refractivity contribution in [2.45, 2.75) is 13.8 Å². The number of H-pyrrole nitrogens is 2. The van der Waals surface area contributed by atoms with Gasteiger partial charge in [0.05, 0.1) is 23.5 Å². The average Bonchev–Trinajstić information content (AvgIpc) is 3.59. The zero-order chi connectivity index (χ0) is 26.9. The van der Waals surface area contributed by atoms with Gasteiger partial charge in [0, 0.05) is 21.9 Å². The van der Waals surface area contributed by atoms with Gasteiger partial charge in [0.15, 0.2) is 23.0 Å². The second kappa shape index (κ2) is 8.00. The molecule has 0 radical (unpaired) electrons. The van der Waals surface area contributed by atoms with Gasteiger partial charge in [0.2, 0.25) is 0 Å². The highest BCUT2D eigenvalue weighted by molar-refractivity contribution is 6.11. The number of aryl methyl sites for hydroxylation is 2. The van der Waals surface area contributed by atoms with Crippen LogP contribution in [-0.4, -0.2) is 61.5 Å². The SMILES string of the molecule is Cc1cc2c(-c3cn[nH]n3)c(O)c(O)cc2c(O)c1-c1c(C)cc2c(-c3cn[nH]n3)c(O)c(O)cc2c1O. The van der Waals surface area contributed by atoms with E-state index in [1.165, 1.54) is 24.5 Å². The maximum atomic E-state index is 11.5. The summed E-state index contributed by atoms with van der Waals surface area (Å²) >= 11 is 0. The van der Waals surface area contributed by atoms with E-state index in [4.69, 9.17) is 0 Å². The molecule has 0 fully saturated rings. The number of benzene rings is 4. The highest BCUT2D eigenvalue weighted by atomic mass is 16.3. The molecule has 0 amide bonds. The van der Waals surface area contributed by atoms with Gasteiger partial charge in [-0.05, 0) is 60.0 Å². The lowest BCUT2D eigenvalue weighted by Gasteiger charge is -2.20. The molecule has 0 atom stereocenters. The van der Waals surface area contributed by atoms with Gasteiger partial charge < -0.3 is 30.6 Å². The number of rotatable bonds is 3. The first-order chi connectivity index (χ1) is 18.2. The summed E-state index contributed by atoms with van der Waals surface area (Å²) in [6.45, 7) is 3.45. The minimum absolute atomic E-state index is 0.177. The Hall–Kier alpha value is -5.52. The largest absolute Gasteiger partial charge is 0.507 e. The summed E-state index contributed by atoms with van der Waals surface area (Å²) < 4.78 is 0. The quantitative estimate of drug-likeness (QED) is 0.159. The summed E-state index contributed by atoms with van der Waals surface area (Å²) in [5.74, 6) is -2.29. The fourth-order valence-corrected chi connectivity index (χ4v) is 5.05. The molecule has 2 heterocycles. The Labute approximate surface area is 213 Å². The van der Waals surface area contributed by atoms with Gasteiger partial charge in [0.25, 0.3) is 0 Å². The van der Waals surface area contributed by atoms with E-state index in [-0.39, 0.29) is 55.9 Å². The number of hydrogen-bond donors (Lipinski definition) is 8. The molecule has 0 aliphatic heterocycles. The number of aromatic nitrogens is 6. The Morgan fingerprint density at radius 2 is 0.895 bits per heavy atom. The van der Waals surface area contributed by atoms with Crippen molar-refractivity contribution in [3.8, 4) is 68.1 Å². The Morgan fingerprint density at radius 1 is 0.500 bits per heavy atom. The maximum absolute atomic E-state index is 11.5. The zero-order valence-corrected chi connectivity index (χ0v) is 19.9. The van der Waals surface area contributed by atoms with Crippen LogP contribution in [0.15, 0.2) is 36.7 Å². The van der Waals surface area contributed by atoms with Crippen molar-refractivity contribution in [1.82, 2.24) is 30.8 Å². The highest BCUT2D eigenvalue weighted by Crippen LogP contribution is 2.53. The zero-order valence-electron chi connectivity index (χ0n) is 19.9. The highest BCUT2D eigenvalue weighted by Gasteiger charge is 2.26. The molecule has 2 aromatic heterocycles. The molecule has 0 saturated heterocycles. The Kier molecular flexibility index (Phi) is 4.82. The van der Waals surface area contributed by atoms with Crippen LogP contribution in [0.3, 0.4) is 0 Å². The molecule has 0 aliphatic carbocycles. The van der Waals surface area contributed by atoms with E-state index in [2.05, 4.69) is 30.8 Å². The molecule has 0 unspecified atom stereocenters. The predicted molar refractivity (Wildman–Crippen MR) is 137 cm³/mol. The van der Waals surface area contributed by atoms with Crippen LogP contribution in [0, 0.1) is 13.8 Å². The van der Waals surface area contributed by atoms with Crippen molar-refractivity contribution in [2.75, 3.05) is 0 Å². The third-order valence-electron chi connectivity index (χ3n) is 6.73. The predicted octanol–water partition coefficient (Wildman–Crippen LogP) is 4.08. The molecule has 6 aromatic rings. The van der Waals surface area contributed by atoms with Crippen molar-refractivity contribution in [2.24, 2.45) is 0 Å². The van der Waals surface area contributed by atoms with Gasteiger partial charge in [-0.15, -0.1) is 0 Å². The minimum atomic E-state index is -0.474. The third-order valence-corrected chi connectivity index (χ3v) is 6.73. The van der Waals surface area contributed by atoms with Crippen LogP contribution in [0.25, 0.3) is 55.2 Å². The van der Waals surface area contributed by atoms with Gasteiger partial charge >= 0.3 is 0 Å². The van der Waals surface area contributed by atoms with Crippen LogP contribution in [-0.2, 0) is 0 Å². The Bertz CT molecular complexity index is 1760. The number of aromatic amines is 2. The molecule has 0 bridgehead atoms. The smallest absolute Gasteiger partial charge is 0.167 e. The number of aromatic hydroxyl groups is 6. The molecule has 8 N–H and O–H groups in total. The average molecular weight is 512 g/mol. The standard InChI is InChI=1S/C26H20N6O6/c1-9-3-11-13(5-17(33)25(37)21(11)15-7-27-31-29-15)23(35)19(9)20-10(2)4-12-14(24(20)36)6-18(34)26(38)22(12)16-8-28-32-30-16/h3-8,33-38H,1-2H3,(H,27,29,31)(H,28,30,32). The summed E-state index contributed by atoms with van der Waals surface area (Å²) in [6, 6.07) is 5.86. The number of hydrogen-bond acceptors (Lipinski definition) is 10. The number of nitrogens with one attached hydrogen (secondary N) is 2. The van der Waals surface area contributed by atoms with E-state index in [0.717, 1.165) is 0 Å². The molecule has 0 aliphatic rings. The minimum Gasteiger partial charge on any atom is -0.507 e. The summed E-state index contributed by atoms with van der Waals surface area (Å²) in [5, 5.41) is 86.7. The number of phenolic OH excluding ortho intramolecular Hbond substituents is 6. The maximum Gasteiger partial charge on any atom is 0.167 e. The molecule has 190 valence electrons. The molecule has 12 heteroatoms. The topological polar surface area (TPSA) is 205 Å². The van der Waals surface area contributed by atoms with Crippen LogP contribution in [0.5, 0.6) is 34.5 Å². The van der Waals surface area contributed by atoms with Crippen molar-refractivity contribution < 1.29 is 30.6 Å². The van der Waals surface area contributed by atoms with Crippen LogP contribution < -0.4 is 0 Å². The first-order valence-electron chi connectivity index (χ1n) is 11.3. The van der Waals surface area contributed by atoms with E-state index in [0.29, 0.717) is 21.9 Å². The van der Waals surface area contributed by atoms with Gasteiger partial charge in [-0.25, -0.2) is 0 Å². The van der Waals surface area contributed by atoms with E-state index >= 15 is 0 Å². The second-order valence-corrected chi connectivity index (χ2v) is 8.97. The monoisotopic (exact) mass is 512 g/mol. The van der Waals surface area contributed by atoms with E-state index in [1.807, 2.05) is 0 Å². The van der Waals surface area contributed by atoms with Crippen molar-refractivity contribution in [3.05, 3.63) is 47.8 Å². The Morgan fingerprint density at radius 3 is 1.24 bits per heavy atom. The lowest BCUT2D eigenvalue weighted by atomic mass is 9.87. The van der Waals surface area contributed by atoms with Crippen molar-refractivity contribution >= 4 is 21.5 Å². The molecule has 38 heavy (non-hydrogen) atoms. The van der Waals surface area contributed by atoms with Gasteiger partial charge in [0.1, 0.15) is 22.9 Å². The Balaban J connectivity index is 1.69. The lowest BCUT2D eigenvalue weighted by Crippen LogP contribution is -1.95. The van der Waals surface area contributed by atoms with E-state index < -0.39 is 23.0 Å². The number of phenols is 6.